The molecule has 18 heavy (non-hydrogen) atoms. The maximum Gasteiger partial charge on any atom is 0.135 e. The zero-order chi connectivity index (χ0) is 13.8. The summed E-state index contributed by atoms with van der Waals surface area (Å²) >= 11 is 7.55. The SMILES string of the molecule is CSCC(C)(O)CNc1cc(Cl)nc(C(C)C)n1. The maximum absolute atomic E-state index is 10.1. The number of thioether (sulfide) groups is 1. The average Bonchev–Trinajstić information content (AvgIpc) is 2.26. The van der Waals surface area contributed by atoms with E-state index in [9.17, 15) is 5.11 Å². The van der Waals surface area contributed by atoms with E-state index in [1.165, 1.54) is 0 Å². The first-order chi connectivity index (χ1) is 8.34. The molecule has 102 valence electrons. The Balaban J connectivity index is 2.73. The van der Waals surface area contributed by atoms with Crippen LogP contribution < -0.4 is 5.32 Å². The summed E-state index contributed by atoms with van der Waals surface area (Å²) in [6, 6.07) is 1.67. The van der Waals surface area contributed by atoms with Gasteiger partial charge in [0.05, 0.1) is 5.60 Å². The van der Waals surface area contributed by atoms with E-state index >= 15 is 0 Å². The van der Waals surface area contributed by atoms with Crippen LogP contribution in [-0.2, 0) is 0 Å². The van der Waals surface area contributed by atoms with E-state index < -0.39 is 5.60 Å². The van der Waals surface area contributed by atoms with Gasteiger partial charge in [-0.2, -0.15) is 11.8 Å². The molecule has 1 aromatic heterocycles. The highest BCUT2D eigenvalue weighted by molar-refractivity contribution is 7.98. The molecular formula is C12H20ClN3OS. The van der Waals surface area contributed by atoms with Gasteiger partial charge in [-0.25, -0.2) is 9.97 Å². The number of rotatable bonds is 6. The summed E-state index contributed by atoms with van der Waals surface area (Å²) in [4.78, 5) is 8.53. The van der Waals surface area contributed by atoms with Crippen molar-refractivity contribution in [3.8, 4) is 0 Å². The molecule has 0 fully saturated rings. The third-order valence-corrected chi connectivity index (χ3v) is 3.44. The van der Waals surface area contributed by atoms with Gasteiger partial charge in [0, 0.05) is 24.3 Å². The molecule has 1 aromatic rings. The molecule has 1 rings (SSSR count). The molecule has 0 aliphatic heterocycles. The fourth-order valence-corrected chi connectivity index (χ4v) is 2.34. The summed E-state index contributed by atoms with van der Waals surface area (Å²) in [6.45, 7) is 6.25. The summed E-state index contributed by atoms with van der Waals surface area (Å²) in [5.41, 5.74) is -0.769. The van der Waals surface area contributed by atoms with E-state index in [1.807, 2.05) is 20.1 Å². The number of halogens is 1. The van der Waals surface area contributed by atoms with Gasteiger partial charge in [0.15, 0.2) is 0 Å². The van der Waals surface area contributed by atoms with Gasteiger partial charge < -0.3 is 10.4 Å². The van der Waals surface area contributed by atoms with Crippen LogP contribution in [0.1, 0.15) is 32.5 Å². The van der Waals surface area contributed by atoms with Crippen LogP contribution in [0.5, 0.6) is 0 Å². The number of anilines is 1. The second-order valence-electron chi connectivity index (χ2n) is 4.87. The molecule has 0 saturated heterocycles. The molecule has 1 heterocycles. The molecule has 2 N–H and O–H groups in total. The summed E-state index contributed by atoms with van der Waals surface area (Å²) < 4.78 is 0. The summed E-state index contributed by atoms with van der Waals surface area (Å²) in [5, 5.41) is 13.6. The zero-order valence-corrected chi connectivity index (χ0v) is 12.8. The van der Waals surface area contributed by atoms with Gasteiger partial charge in [-0.3, -0.25) is 0 Å². The van der Waals surface area contributed by atoms with Crippen molar-refractivity contribution in [2.45, 2.75) is 32.3 Å². The van der Waals surface area contributed by atoms with Crippen LogP contribution in [0.15, 0.2) is 6.07 Å². The van der Waals surface area contributed by atoms with Gasteiger partial charge in [0.2, 0.25) is 0 Å². The van der Waals surface area contributed by atoms with Crippen molar-refractivity contribution >= 4 is 29.2 Å². The van der Waals surface area contributed by atoms with E-state index in [2.05, 4.69) is 15.3 Å². The monoisotopic (exact) mass is 289 g/mol. The Hall–Kier alpha value is -0.520. The van der Waals surface area contributed by atoms with Crippen LogP contribution in [0.3, 0.4) is 0 Å². The number of aromatic nitrogens is 2. The fourth-order valence-electron chi connectivity index (χ4n) is 1.43. The first-order valence-corrected chi connectivity index (χ1v) is 7.61. The van der Waals surface area contributed by atoms with Crippen LogP contribution in [0.4, 0.5) is 5.82 Å². The number of hydrogen-bond acceptors (Lipinski definition) is 5. The lowest BCUT2D eigenvalue weighted by Gasteiger charge is -2.23. The lowest BCUT2D eigenvalue weighted by Crippen LogP contribution is -2.36. The second-order valence-corrected chi connectivity index (χ2v) is 6.13. The highest BCUT2D eigenvalue weighted by Gasteiger charge is 2.19. The molecule has 0 amide bonds. The first-order valence-electron chi connectivity index (χ1n) is 5.84. The van der Waals surface area contributed by atoms with E-state index in [4.69, 9.17) is 11.6 Å². The van der Waals surface area contributed by atoms with Crippen molar-refractivity contribution in [1.82, 2.24) is 9.97 Å². The molecule has 0 spiro atoms. The van der Waals surface area contributed by atoms with Crippen molar-refractivity contribution < 1.29 is 5.11 Å². The number of nitrogens with zero attached hydrogens (tertiary/aromatic N) is 2. The third kappa shape index (κ3) is 5.00. The number of nitrogens with one attached hydrogen (secondary N) is 1. The minimum Gasteiger partial charge on any atom is -0.387 e. The quantitative estimate of drug-likeness (QED) is 0.789. The van der Waals surface area contributed by atoms with E-state index in [-0.39, 0.29) is 5.92 Å². The highest BCUT2D eigenvalue weighted by atomic mass is 35.5. The van der Waals surface area contributed by atoms with Gasteiger partial charge in [0.25, 0.3) is 0 Å². The topological polar surface area (TPSA) is 58.0 Å². The predicted molar refractivity (Wildman–Crippen MR) is 78.6 cm³/mol. The molecule has 6 heteroatoms. The predicted octanol–water partition coefficient (Wildman–Crippen LogP) is 2.78. The Labute approximate surface area is 118 Å². The Kier molecular flexibility index (Phi) is 5.69. The summed E-state index contributed by atoms with van der Waals surface area (Å²) in [7, 11) is 0. The van der Waals surface area contributed by atoms with E-state index in [0.29, 0.717) is 29.1 Å². The molecule has 0 aliphatic carbocycles. The lowest BCUT2D eigenvalue weighted by molar-refractivity contribution is 0.0996. The van der Waals surface area contributed by atoms with Gasteiger partial charge in [-0.1, -0.05) is 25.4 Å². The molecule has 1 atom stereocenters. The number of aliphatic hydroxyl groups is 1. The molecule has 4 nitrogen and oxygen atoms in total. The first kappa shape index (κ1) is 15.5. The van der Waals surface area contributed by atoms with Crippen molar-refractivity contribution in [2.75, 3.05) is 23.9 Å². The van der Waals surface area contributed by atoms with Crippen molar-refractivity contribution in [2.24, 2.45) is 0 Å². The van der Waals surface area contributed by atoms with Crippen molar-refractivity contribution in [3.05, 3.63) is 17.0 Å². The van der Waals surface area contributed by atoms with Gasteiger partial charge in [-0.15, -0.1) is 0 Å². The summed E-state index contributed by atoms with van der Waals surface area (Å²) in [5.74, 6) is 2.24. The maximum atomic E-state index is 10.1. The molecule has 0 aliphatic rings. The Morgan fingerprint density at radius 3 is 2.72 bits per heavy atom. The minimum atomic E-state index is -0.769. The minimum absolute atomic E-state index is 0.218. The Morgan fingerprint density at radius 2 is 2.17 bits per heavy atom. The van der Waals surface area contributed by atoms with Crippen molar-refractivity contribution in [3.63, 3.8) is 0 Å². The highest BCUT2D eigenvalue weighted by Crippen LogP contribution is 2.18. The Bertz CT molecular complexity index is 399. The zero-order valence-electron chi connectivity index (χ0n) is 11.2. The van der Waals surface area contributed by atoms with Crippen LogP contribution in [0, 0.1) is 0 Å². The molecule has 0 saturated carbocycles. The van der Waals surface area contributed by atoms with Crippen molar-refractivity contribution in [1.29, 1.82) is 0 Å². The van der Waals surface area contributed by atoms with Crippen LogP contribution in [0.25, 0.3) is 0 Å². The summed E-state index contributed by atoms with van der Waals surface area (Å²) in [6.07, 6.45) is 1.97. The fraction of sp³-hybridized carbons (Fsp3) is 0.667. The largest absolute Gasteiger partial charge is 0.387 e. The molecular weight excluding hydrogens is 270 g/mol. The number of hydrogen-bond donors (Lipinski definition) is 2. The standard InChI is InChI=1S/C12H20ClN3OS/c1-8(2)11-15-9(13)5-10(16-11)14-6-12(3,17)7-18-4/h5,8,17H,6-7H2,1-4H3,(H,14,15,16). The van der Waals surface area contributed by atoms with Crippen LogP contribution >= 0.6 is 23.4 Å². The van der Waals surface area contributed by atoms with E-state index in [1.54, 1.807) is 24.8 Å². The average molecular weight is 290 g/mol. The molecule has 0 radical (unpaired) electrons. The molecule has 0 aromatic carbocycles. The smallest absolute Gasteiger partial charge is 0.135 e. The van der Waals surface area contributed by atoms with Gasteiger partial charge in [-0.05, 0) is 13.2 Å². The lowest BCUT2D eigenvalue weighted by atomic mass is 10.1. The van der Waals surface area contributed by atoms with Crippen LogP contribution in [0.2, 0.25) is 5.15 Å². The molecule has 1 unspecified atom stereocenters. The normalized spacial score (nSPS) is 14.6. The molecule has 0 bridgehead atoms. The Morgan fingerprint density at radius 1 is 1.50 bits per heavy atom. The van der Waals surface area contributed by atoms with Crippen LogP contribution in [-0.4, -0.2) is 39.2 Å². The van der Waals surface area contributed by atoms with Gasteiger partial charge in [0.1, 0.15) is 16.8 Å². The second kappa shape index (κ2) is 6.59. The van der Waals surface area contributed by atoms with Gasteiger partial charge >= 0.3 is 0 Å². The third-order valence-electron chi connectivity index (χ3n) is 2.33. The van der Waals surface area contributed by atoms with E-state index in [0.717, 1.165) is 0 Å².